The number of aliphatic hydroxyl groups excluding tert-OH is 1. The zero-order valence-electron chi connectivity index (χ0n) is 11.1. The van der Waals surface area contributed by atoms with Gasteiger partial charge in [-0.2, -0.15) is 0 Å². The Bertz CT molecular complexity index is 408. The summed E-state index contributed by atoms with van der Waals surface area (Å²) >= 11 is 9.17. The molecule has 1 amide bonds. The number of carbonyl (C=O) groups is 1. The zero-order chi connectivity index (χ0) is 14.4. The highest BCUT2D eigenvalue weighted by Crippen LogP contribution is 2.14. The third-order valence-corrected chi connectivity index (χ3v) is 4.52. The van der Waals surface area contributed by atoms with E-state index in [4.69, 9.17) is 11.6 Å². The van der Waals surface area contributed by atoms with Crippen LogP contribution in [0.3, 0.4) is 0 Å². The van der Waals surface area contributed by atoms with Crippen LogP contribution in [0.4, 0.5) is 0 Å². The first-order valence-corrected chi connectivity index (χ1v) is 7.53. The van der Waals surface area contributed by atoms with Crippen molar-refractivity contribution in [3.63, 3.8) is 0 Å². The van der Waals surface area contributed by atoms with Crippen LogP contribution >= 0.6 is 27.5 Å². The molecule has 2 atom stereocenters. The summed E-state index contributed by atoms with van der Waals surface area (Å²) < 4.78 is 0. The molecule has 0 aliphatic carbocycles. The second-order valence-corrected chi connectivity index (χ2v) is 6.29. The van der Waals surface area contributed by atoms with Crippen molar-refractivity contribution in [1.82, 2.24) is 5.32 Å². The molecule has 0 saturated carbocycles. The quantitative estimate of drug-likeness (QED) is 0.777. The maximum atomic E-state index is 11.9. The Kier molecular flexibility index (Phi) is 6.83. The summed E-state index contributed by atoms with van der Waals surface area (Å²) in [4.78, 5) is 11.7. The van der Waals surface area contributed by atoms with Crippen molar-refractivity contribution in [3.05, 3.63) is 34.9 Å². The molecule has 1 rings (SSSR count). The molecule has 0 saturated heterocycles. The summed E-state index contributed by atoms with van der Waals surface area (Å²) in [6.07, 6.45) is 0.581. The Morgan fingerprint density at radius 3 is 2.42 bits per heavy atom. The largest absolute Gasteiger partial charge is 0.394 e. The van der Waals surface area contributed by atoms with E-state index in [2.05, 4.69) is 21.2 Å². The smallest absolute Gasteiger partial charge is 0.234 e. The number of rotatable bonds is 6. The van der Waals surface area contributed by atoms with Crippen molar-refractivity contribution in [2.24, 2.45) is 5.92 Å². The van der Waals surface area contributed by atoms with Gasteiger partial charge in [0.2, 0.25) is 5.91 Å². The number of hydrogen-bond acceptors (Lipinski definition) is 2. The first-order chi connectivity index (χ1) is 8.93. The predicted molar refractivity (Wildman–Crippen MR) is 81.7 cm³/mol. The van der Waals surface area contributed by atoms with Gasteiger partial charge < -0.3 is 10.4 Å². The molecule has 19 heavy (non-hydrogen) atoms. The van der Waals surface area contributed by atoms with Gasteiger partial charge in [-0.25, -0.2) is 0 Å². The fourth-order valence-corrected chi connectivity index (χ4v) is 1.91. The fraction of sp³-hybridized carbons (Fsp3) is 0.500. The van der Waals surface area contributed by atoms with Gasteiger partial charge in [-0.05, 0) is 30.0 Å². The molecule has 5 heteroatoms. The fourth-order valence-electron chi connectivity index (χ4n) is 1.65. The first kappa shape index (κ1) is 16.5. The minimum Gasteiger partial charge on any atom is -0.394 e. The Morgan fingerprint density at radius 1 is 1.37 bits per heavy atom. The van der Waals surface area contributed by atoms with Gasteiger partial charge in [-0.1, -0.05) is 53.5 Å². The molecular weight excluding hydrogens is 330 g/mol. The van der Waals surface area contributed by atoms with Gasteiger partial charge in [0, 0.05) is 5.02 Å². The number of benzene rings is 1. The molecule has 0 fully saturated rings. The van der Waals surface area contributed by atoms with Gasteiger partial charge >= 0.3 is 0 Å². The number of alkyl halides is 1. The summed E-state index contributed by atoms with van der Waals surface area (Å²) in [5.41, 5.74) is 1.03. The Labute approximate surface area is 127 Å². The average Bonchev–Trinajstić information content (AvgIpc) is 2.39. The molecule has 0 unspecified atom stereocenters. The number of carbonyl (C=O) groups excluding carboxylic acids is 1. The van der Waals surface area contributed by atoms with Gasteiger partial charge in [0.25, 0.3) is 0 Å². The molecule has 1 aromatic carbocycles. The van der Waals surface area contributed by atoms with Crippen molar-refractivity contribution in [1.29, 1.82) is 0 Å². The molecule has 1 aromatic rings. The van der Waals surface area contributed by atoms with Gasteiger partial charge in [0.1, 0.15) is 0 Å². The molecule has 0 aromatic heterocycles. The van der Waals surface area contributed by atoms with E-state index in [9.17, 15) is 9.90 Å². The summed E-state index contributed by atoms with van der Waals surface area (Å²) in [7, 11) is 0. The van der Waals surface area contributed by atoms with E-state index < -0.39 is 0 Å². The van der Waals surface area contributed by atoms with Crippen molar-refractivity contribution >= 4 is 33.4 Å². The molecule has 2 N–H and O–H groups in total. The van der Waals surface area contributed by atoms with Gasteiger partial charge in [-0.15, -0.1) is 0 Å². The first-order valence-electron chi connectivity index (χ1n) is 6.23. The summed E-state index contributed by atoms with van der Waals surface area (Å²) in [5, 5.41) is 12.9. The minimum absolute atomic E-state index is 0.0911. The highest BCUT2D eigenvalue weighted by molar-refractivity contribution is 9.10. The van der Waals surface area contributed by atoms with Crippen molar-refractivity contribution in [3.8, 4) is 0 Å². The lowest BCUT2D eigenvalue weighted by molar-refractivity contribution is -0.122. The molecule has 106 valence electrons. The van der Waals surface area contributed by atoms with E-state index in [-0.39, 0.29) is 29.3 Å². The summed E-state index contributed by atoms with van der Waals surface area (Å²) in [5.74, 6) is 0.109. The highest BCUT2D eigenvalue weighted by Gasteiger charge is 2.21. The monoisotopic (exact) mass is 347 g/mol. The van der Waals surface area contributed by atoms with Crippen LogP contribution in [-0.2, 0) is 11.2 Å². The molecule has 0 aliphatic rings. The van der Waals surface area contributed by atoms with E-state index in [1.165, 1.54) is 0 Å². The molecule has 0 spiro atoms. The predicted octanol–water partition coefficient (Wildman–Crippen LogP) is 2.78. The van der Waals surface area contributed by atoms with Crippen LogP contribution in [0.25, 0.3) is 0 Å². The number of hydrogen-bond donors (Lipinski definition) is 2. The maximum Gasteiger partial charge on any atom is 0.234 e. The van der Waals surface area contributed by atoms with E-state index in [0.717, 1.165) is 5.56 Å². The van der Waals surface area contributed by atoms with Crippen molar-refractivity contribution in [2.75, 3.05) is 6.61 Å². The van der Waals surface area contributed by atoms with Crippen molar-refractivity contribution in [2.45, 2.75) is 31.1 Å². The van der Waals surface area contributed by atoms with Crippen LogP contribution in [0.2, 0.25) is 5.02 Å². The van der Waals surface area contributed by atoms with Crippen LogP contribution < -0.4 is 5.32 Å². The summed E-state index contributed by atoms with van der Waals surface area (Å²) in [6.45, 7) is 3.84. The molecule has 0 aliphatic heterocycles. The normalized spacial score (nSPS) is 14.2. The number of aliphatic hydroxyl groups is 1. The highest BCUT2D eigenvalue weighted by atomic mass is 79.9. The van der Waals surface area contributed by atoms with Gasteiger partial charge in [0.05, 0.1) is 17.5 Å². The van der Waals surface area contributed by atoms with Crippen LogP contribution in [0.5, 0.6) is 0 Å². The number of amides is 1. The Morgan fingerprint density at radius 2 is 1.95 bits per heavy atom. The number of halogens is 2. The lowest BCUT2D eigenvalue weighted by atomic mass is 10.1. The molecule has 0 heterocycles. The molecule has 0 bridgehead atoms. The summed E-state index contributed by atoms with van der Waals surface area (Å²) in [6, 6.07) is 7.10. The van der Waals surface area contributed by atoms with Crippen LogP contribution in [0.1, 0.15) is 19.4 Å². The van der Waals surface area contributed by atoms with Gasteiger partial charge in [0.15, 0.2) is 0 Å². The number of nitrogens with one attached hydrogen (secondary N) is 1. The van der Waals surface area contributed by atoms with Crippen LogP contribution in [0, 0.1) is 5.92 Å². The minimum atomic E-state index is -0.285. The third-order valence-electron chi connectivity index (χ3n) is 2.80. The maximum absolute atomic E-state index is 11.9. The lowest BCUT2D eigenvalue weighted by Gasteiger charge is -2.20. The third kappa shape index (κ3) is 5.51. The zero-order valence-corrected chi connectivity index (χ0v) is 13.4. The molecular formula is C14H19BrClNO2. The molecule has 3 nitrogen and oxygen atoms in total. The van der Waals surface area contributed by atoms with Crippen LogP contribution in [-0.4, -0.2) is 28.5 Å². The van der Waals surface area contributed by atoms with Crippen LogP contribution in [0.15, 0.2) is 24.3 Å². The SMILES string of the molecule is CC(C)[C@@H](Br)C(=O)N[C@H](CO)Cc1ccc(Cl)cc1. The topological polar surface area (TPSA) is 49.3 Å². The van der Waals surface area contributed by atoms with E-state index in [1.807, 2.05) is 26.0 Å². The van der Waals surface area contributed by atoms with E-state index in [0.29, 0.717) is 11.4 Å². The second-order valence-electron chi connectivity index (χ2n) is 4.86. The Hall–Kier alpha value is -0.580. The lowest BCUT2D eigenvalue weighted by Crippen LogP contribution is -2.44. The second kappa shape index (κ2) is 7.88. The van der Waals surface area contributed by atoms with E-state index in [1.54, 1.807) is 12.1 Å². The van der Waals surface area contributed by atoms with Gasteiger partial charge in [-0.3, -0.25) is 4.79 Å². The standard InChI is InChI=1S/C14H19BrClNO2/c1-9(2)13(15)14(19)17-12(8-18)7-10-3-5-11(16)6-4-10/h3-6,9,12-13,18H,7-8H2,1-2H3,(H,17,19)/t12-,13+/m0/s1. The average molecular weight is 349 g/mol. The Balaban J connectivity index is 2.59. The van der Waals surface area contributed by atoms with E-state index >= 15 is 0 Å². The molecule has 0 radical (unpaired) electrons. The van der Waals surface area contributed by atoms with Crippen molar-refractivity contribution < 1.29 is 9.90 Å².